The van der Waals surface area contributed by atoms with E-state index in [-0.39, 0.29) is 50.7 Å². The SMILES string of the molecule is CCN[C@]12CCC(C)(C)CC1C1C(=O)C[C@@H]3[C@@]4(C)C=C(C#N)C(=O)C(C)(C)[C@@H]4CC[C@@]3(C)[C@]1(C)CC2. The zero-order chi connectivity index (χ0) is 26.5. The summed E-state index contributed by atoms with van der Waals surface area (Å²) in [6.45, 7) is 19.3. The first-order valence-electron chi connectivity index (χ1n) is 14.6. The van der Waals surface area contributed by atoms with Crippen molar-refractivity contribution in [3.63, 3.8) is 0 Å². The maximum atomic E-state index is 14.5. The van der Waals surface area contributed by atoms with Gasteiger partial charge < -0.3 is 5.32 Å². The fourth-order valence-corrected chi connectivity index (χ4v) is 11.0. The Balaban J connectivity index is 1.63. The number of fused-ring (bicyclic) bond motifs is 7. The molecule has 4 saturated carbocycles. The second kappa shape index (κ2) is 7.78. The molecule has 1 N–H and O–H groups in total. The van der Waals surface area contributed by atoms with Crippen molar-refractivity contribution in [1.29, 1.82) is 5.26 Å². The molecule has 0 spiro atoms. The van der Waals surface area contributed by atoms with Gasteiger partial charge >= 0.3 is 0 Å². The second-order valence-electron chi connectivity index (χ2n) is 15.4. The molecule has 5 rings (SSSR count). The van der Waals surface area contributed by atoms with Gasteiger partial charge in [0.1, 0.15) is 11.9 Å². The van der Waals surface area contributed by atoms with Gasteiger partial charge in [-0.1, -0.05) is 61.5 Å². The van der Waals surface area contributed by atoms with Gasteiger partial charge in [-0.2, -0.15) is 5.26 Å². The minimum absolute atomic E-state index is 0.00429. The maximum absolute atomic E-state index is 14.5. The van der Waals surface area contributed by atoms with Crippen LogP contribution in [0, 0.1) is 62.1 Å². The molecule has 0 aromatic heterocycles. The lowest BCUT2D eigenvalue weighted by Gasteiger charge is -2.72. The third kappa shape index (κ3) is 3.14. The summed E-state index contributed by atoms with van der Waals surface area (Å²) in [5.41, 5.74) is -0.290. The molecular weight excluding hydrogens is 444 g/mol. The maximum Gasteiger partial charge on any atom is 0.178 e. The second-order valence-corrected chi connectivity index (χ2v) is 15.4. The van der Waals surface area contributed by atoms with Crippen molar-refractivity contribution >= 4 is 11.6 Å². The number of nitrogens with zero attached hydrogens (tertiary/aromatic N) is 1. The lowest BCUT2D eigenvalue weighted by atomic mass is 9.32. The molecule has 4 nitrogen and oxygen atoms in total. The topological polar surface area (TPSA) is 70.0 Å². The molecule has 4 heteroatoms. The molecule has 8 atom stereocenters. The van der Waals surface area contributed by atoms with Gasteiger partial charge in [0, 0.05) is 23.3 Å². The third-order valence-corrected chi connectivity index (χ3v) is 13.0. The van der Waals surface area contributed by atoms with E-state index in [1.54, 1.807) is 0 Å². The van der Waals surface area contributed by atoms with Gasteiger partial charge in [-0.25, -0.2) is 0 Å². The monoisotopic (exact) mass is 492 g/mol. The average Bonchev–Trinajstić information content (AvgIpc) is 2.79. The number of hydrogen-bond acceptors (Lipinski definition) is 4. The average molecular weight is 493 g/mol. The van der Waals surface area contributed by atoms with E-state index in [0.717, 1.165) is 38.6 Å². The summed E-state index contributed by atoms with van der Waals surface area (Å²) in [5.74, 6) is 1.23. The van der Waals surface area contributed by atoms with Crippen LogP contribution in [0.2, 0.25) is 0 Å². The zero-order valence-electron chi connectivity index (χ0n) is 24.0. The molecule has 0 bridgehead atoms. The van der Waals surface area contributed by atoms with E-state index in [9.17, 15) is 14.9 Å². The highest BCUT2D eigenvalue weighted by molar-refractivity contribution is 6.04. The minimum Gasteiger partial charge on any atom is -0.311 e. The Hall–Kier alpha value is -1.47. The molecular formula is C32H48N2O2. The quantitative estimate of drug-likeness (QED) is 0.469. The van der Waals surface area contributed by atoms with Crippen LogP contribution < -0.4 is 5.32 Å². The molecule has 4 fully saturated rings. The van der Waals surface area contributed by atoms with Crippen LogP contribution in [0.4, 0.5) is 0 Å². The number of carbonyl (C=O) groups excluding carboxylic acids is 2. The van der Waals surface area contributed by atoms with E-state index >= 15 is 0 Å². The van der Waals surface area contributed by atoms with Crippen molar-refractivity contribution in [3.8, 4) is 6.07 Å². The first kappa shape index (κ1) is 26.1. The first-order chi connectivity index (χ1) is 16.6. The van der Waals surface area contributed by atoms with Gasteiger partial charge in [-0.3, -0.25) is 9.59 Å². The minimum atomic E-state index is -0.573. The summed E-state index contributed by atoms with van der Waals surface area (Å²) >= 11 is 0. The molecule has 0 aromatic rings. The number of ketones is 2. The number of nitriles is 1. The lowest BCUT2D eigenvalue weighted by Crippen LogP contribution is -2.71. The van der Waals surface area contributed by atoms with E-state index in [2.05, 4.69) is 52.9 Å². The van der Waals surface area contributed by atoms with Crippen LogP contribution >= 0.6 is 0 Å². The highest BCUT2D eigenvalue weighted by Gasteiger charge is 2.72. The zero-order valence-corrected chi connectivity index (χ0v) is 24.0. The molecule has 0 radical (unpaired) electrons. The van der Waals surface area contributed by atoms with Crippen molar-refractivity contribution in [2.45, 2.75) is 112 Å². The molecule has 36 heavy (non-hydrogen) atoms. The van der Waals surface area contributed by atoms with E-state index in [1.807, 2.05) is 19.9 Å². The van der Waals surface area contributed by atoms with Crippen LogP contribution in [0.25, 0.3) is 0 Å². The number of allylic oxidation sites excluding steroid dienone is 2. The highest BCUT2D eigenvalue weighted by atomic mass is 16.1. The van der Waals surface area contributed by atoms with Crippen molar-refractivity contribution in [3.05, 3.63) is 11.6 Å². The molecule has 0 aromatic carbocycles. The van der Waals surface area contributed by atoms with Crippen LogP contribution in [0.15, 0.2) is 11.6 Å². The van der Waals surface area contributed by atoms with Crippen LogP contribution in [-0.2, 0) is 9.59 Å². The number of nitrogens with one attached hydrogen (secondary N) is 1. The summed E-state index contributed by atoms with van der Waals surface area (Å²) in [4.78, 5) is 27.7. The van der Waals surface area contributed by atoms with Crippen LogP contribution in [-0.4, -0.2) is 23.7 Å². The summed E-state index contributed by atoms with van der Waals surface area (Å²) in [6.07, 6.45) is 10.4. The first-order valence-corrected chi connectivity index (χ1v) is 14.6. The Bertz CT molecular complexity index is 1060. The molecule has 2 unspecified atom stereocenters. The summed E-state index contributed by atoms with van der Waals surface area (Å²) < 4.78 is 0. The normalized spacial score (nSPS) is 49.0. The highest BCUT2D eigenvalue weighted by Crippen LogP contribution is 2.74. The molecule has 5 aliphatic rings. The Labute approximate surface area is 219 Å². The van der Waals surface area contributed by atoms with Crippen LogP contribution in [0.5, 0.6) is 0 Å². The van der Waals surface area contributed by atoms with Gasteiger partial charge in [-0.05, 0) is 90.9 Å². The molecule has 5 aliphatic carbocycles. The number of hydrogen-bond donors (Lipinski definition) is 1. The predicted octanol–water partition coefficient (Wildman–Crippen LogP) is 6.65. The van der Waals surface area contributed by atoms with Gasteiger partial charge in [0.2, 0.25) is 0 Å². The number of carbonyl (C=O) groups is 2. The van der Waals surface area contributed by atoms with Crippen molar-refractivity contribution in [1.82, 2.24) is 5.32 Å². The van der Waals surface area contributed by atoms with E-state index in [4.69, 9.17) is 0 Å². The van der Waals surface area contributed by atoms with Crippen molar-refractivity contribution in [2.24, 2.45) is 50.7 Å². The molecule has 0 saturated heterocycles. The smallest absolute Gasteiger partial charge is 0.178 e. The Morgan fingerprint density at radius 1 is 0.944 bits per heavy atom. The van der Waals surface area contributed by atoms with E-state index in [0.29, 0.717) is 23.7 Å². The summed E-state index contributed by atoms with van der Waals surface area (Å²) in [6, 6.07) is 2.24. The summed E-state index contributed by atoms with van der Waals surface area (Å²) in [5, 5.41) is 13.8. The standard InChI is InChI=1S/C32H48N2O2/c1-9-34-32-14-12-27(2,3)18-21(32)25-22(35)16-24-29(6)17-20(19-33)26(36)28(4,5)23(29)10-11-30(24,7)31(25,8)13-15-32/h17,21,23-25,34H,9-16,18H2,1-8H3/t21?,23-,24+,25?,29-,30+,31+,32-/m0/s1. The predicted molar refractivity (Wildman–Crippen MR) is 143 cm³/mol. The fraction of sp³-hybridized carbons (Fsp3) is 0.844. The summed E-state index contributed by atoms with van der Waals surface area (Å²) in [7, 11) is 0. The van der Waals surface area contributed by atoms with Gasteiger partial charge in [-0.15, -0.1) is 0 Å². The van der Waals surface area contributed by atoms with Gasteiger partial charge in [0.05, 0.1) is 5.57 Å². The van der Waals surface area contributed by atoms with E-state index in [1.165, 1.54) is 12.8 Å². The lowest BCUT2D eigenvalue weighted by molar-refractivity contribution is -0.215. The largest absolute Gasteiger partial charge is 0.311 e. The van der Waals surface area contributed by atoms with Crippen LogP contribution in [0.3, 0.4) is 0 Å². The van der Waals surface area contributed by atoms with Gasteiger partial charge in [0.25, 0.3) is 0 Å². The van der Waals surface area contributed by atoms with Gasteiger partial charge in [0.15, 0.2) is 5.78 Å². The van der Waals surface area contributed by atoms with Crippen molar-refractivity contribution < 1.29 is 9.59 Å². The Kier molecular flexibility index (Phi) is 5.65. The Morgan fingerprint density at radius 2 is 1.61 bits per heavy atom. The number of Topliss-reactive ketones (excluding diaryl/α,β-unsaturated/α-hetero) is 2. The third-order valence-electron chi connectivity index (χ3n) is 13.0. The Morgan fingerprint density at radius 3 is 2.25 bits per heavy atom. The fourth-order valence-electron chi connectivity index (χ4n) is 11.0. The molecule has 198 valence electrons. The molecule has 0 heterocycles. The molecule has 0 amide bonds. The van der Waals surface area contributed by atoms with Crippen LogP contribution in [0.1, 0.15) is 107 Å². The molecule has 0 aliphatic heterocycles. The van der Waals surface area contributed by atoms with Crippen molar-refractivity contribution in [2.75, 3.05) is 6.54 Å². The van der Waals surface area contributed by atoms with E-state index < -0.39 is 5.41 Å². The number of rotatable bonds is 2.